The van der Waals surface area contributed by atoms with Crippen LogP contribution in [0.25, 0.3) is 10.6 Å². The van der Waals surface area contributed by atoms with Crippen LogP contribution in [0.3, 0.4) is 0 Å². The van der Waals surface area contributed by atoms with Crippen LogP contribution in [-0.2, 0) is 6.54 Å². The summed E-state index contributed by atoms with van der Waals surface area (Å²) in [6.45, 7) is 5.19. The number of hydrogen-bond acceptors (Lipinski definition) is 7. The second-order valence-corrected chi connectivity index (χ2v) is 12.8. The number of halogens is 2. The molecule has 1 aromatic heterocycles. The van der Waals surface area contributed by atoms with Gasteiger partial charge in [-0.2, -0.15) is 0 Å². The van der Waals surface area contributed by atoms with Crippen LogP contribution < -0.4 is 10.1 Å². The molecule has 1 aliphatic rings. The Bertz CT molecular complexity index is 1620. The molecule has 0 radical (unpaired) electrons. The second-order valence-electron chi connectivity index (χ2n) is 11.1. The highest BCUT2D eigenvalue weighted by Gasteiger charge is 2.34. The van der Waals surface area contributed by atoms with Crippen molar-refractivity contribution in [2.24, 2.45) is 5.92 Å². The predicted molar refractivity (Wildman–Crippen MR) is 176 cm³/mol. The number of likely N-dealkylation sites (N-methyl/N-ethyl adjacent to an activating group) is 1. The number of para-hydroxylation sites is 1. The highest BCUT2D eigenvalue weighted by molar-refractivity contribution is 7.13. The van der Waals surface area contributed by atoms with E-state index in [2.05, 4.69) is 15.2 Å². The molecule has 3 atom stereocenters. The molecule has 8 nitrogen and oxygen atoms in total. The first-order valence-corrected chi connectivity index (χ1v) is 15.9. The Balaban J connectivity index is 1.43. The van der Waals surface area contributed by atoms with Crippen molar-refractivity contribution in [3.8, 4) is 16.3 Å². The molecule has 4 aromatic rings. The maximum absolute atomic E-state index is 13.8. The minimum absolute atomic E-state index is 0.0977. The highest BCUT2D eigenvalue weighted by atomic mass is 35.5. The third-order valence-corrected chi connectivity index (χ3v) is 9.26. The zero-order chi connectivity index (χ0) is 31.4. The molecular weight excluding hydrogens is 619 g/mol. The van der Waals surface area contributed by atoms with E-state index >= 15 is 0 Å². The van der Waals surface area contributed by atoms with Crippen LogP contribution >= 0.6 is 34.5 Å². The van der Waals surface area contributed by atoms with Crippen LogP contribution in [0, 0.1) is 5.92 Å². The van der Waals surface area contributed by atoms with Crippen LogP contribution in [0.1, 0.15) is 40.1 Å². The molecule has 230 valence electrons. The quantitative estimate of drug-likeness (QED) is 0.208. The van der Waals surface area contributed by atoms with Crippen molar-refractivity contribution in [1.82, 2.24) is 14.8 Å². The van der Waals surface area contributed by atoms with Gasteiger partial charge in [-0.3, -0.25) is 14.5 Å². The molecule has 11 heteroatoms. The SMILES string of the molecule is C[C@H](CO)N1C[C@H](C)[C@H](CN(C)Cc2ccc(Cl)c(Cl)c2)Oc2c(NC(=O)c3ccc(-c4nccs4)cc3)cccc2C1=O. The number of benzene rings is 3. The number of rotatable bonds is 9. The van der Waals surface area contributed by atoms with Crippen LogP contribution in [0.5, 0.6) is 5.75 Å². The Hall–Kier alpha value is -3.47. The number of hydrogen-bond donors (Lipinski definition) is 2. The van der Waals surface area contributed by atoms with E-state index in [1.165, 1.54) is 11.3 Å². The predicted octanol–water partition coefficient (Wildman–Crippen LogP) is 6.72. The van der Waals surface area contributed by atoms with E-state index in [0.29, 0.717) is 52.2 Å². The topological polar surface area (TPSA) is 95.0 Å². The van der Waals surface area contributed by atoms with Crippen LogP contribution in [0.15, 0.2) is 72.2 Å². The van der Waals surface area contributed by atoms with Crippen LogP contribution in [0.2, 0.25) is 10.0 Å². The van der Waals surface area contributed by atoms with Crippen molar-refractivity contribution in [2.75, 3.05) is 32.1 Å². The molecule has 0 spiro atoms. The molecule has 2 amide bonds. The molecule has 0 saturated heterocycles. The van der Waals surface area contributed by atoms with E-state index in [-0.39, 0.29) is 30.4 Å². The number of aromatic nitrogens is 1. The third kappa shape index (κ3) is 7.25. The average Bonchev–Trinajstić information content (AvgIpc) is 3.56. The first kappa shape index (κ1) is 31.9. The van der Waals surface area contributed by atoms with Gasteiger partial charge >= 0.3 is 0 Å². The lowest BCUT2D eigenvalue weighted by Gasteiger charge is -2.38. The first-order chi connectivity index (χ1) is 21.1. The van der Waals surface area contributed by atoms with Gasteiger partial charge in [-0.25, -0.2) is 4.98 Å². The minimum Gasteiger partial charge on any atom is -0.486 e. The lowest BCUT2D eigenvalue weighted by Crippen LogP contribution is -2.49. The van der Waals surface area contributed by atoms with Gasteiger partial charge in [-0.15, -0.1) is 11.3 Å². The van der Waals surface area contributed by atoms with Gasteiger partial charge in [0.2, 0.25) is 0 Å². The lowest BCUT2D eigenvalue weighted by molar-refractivity contribution is 0.0343. The number of amides is 2. The molecule has 1 aliphatic heterocycles. The largest absolute Gasteiger partial charge is 0.486 e. The van der Waals surface area contributed by atoms with Crippen molar-refractivity contribution in [2.45, 2.75) is 32.5 Å². The maximum atomic E-state index is 13.8. The van der Waals surface area contributed by atoms with E-state index in [1.807, 2.05) is 50.5 Å². The Morgan fingerprint density at radius 1 is 1.18 bits per heavy atom. The fraction of sp³-hybridized carbons (Fsp3) is 0.303. The van der Waals surface area contributed by atoms with Crippen molar-refractivity contribution in [3.05, 3.63) is 99.0 Å². The van der Waals surface area contributed by atoms with Crippen LogP contribution in [-0.4, -0.2) is 70.6 Å². The van der Waals surface area contributed by atoms with E-state index in [0.717, 1.165) is 16.1 Å². The van der Waals surface area contributed by atoms with Gasteiger partial charge in [0, 0.05) is 48.3 Å². The van der Waals surface area contributed by atoms with E-state index in [4.69, 9.17) is 27.9 Å². The summed E-state index contributed by atoms with van der Waals surface area (Å²) >= 11 is 13.9. The lowest BCUT2D eigenvalue weighted by atomic mass is 9.98. The molecule has 2 heterocycles. The van der Waals surface area contributed by atoms with Gasteiger partial charge in [0.1, 0.15) is 11.1 Å². The van der Waals surface area contributed by atoms with E-state index in [9.17, 15) is 14.7 Å². The summed E-state index contributed by atoms with van der Waals surface area (Å²) in [5, 5.41) is 16.7. The molecule has 0 unspecified atom stereocenters. The van der Waals surface area contributed by atoms with Crippen molar-refractivity contribution in [3.63, 3.8) is 0 Å². The number of anilines is 1. The molecule has 44 heavy (non-hydrogen) atoms. The molecule has 2 N–H and O–H groups in total. The van der Waals surface area contributed by atoms with E-state index in [1.54, 1.807) is 47.5 Å². The number of fused-ring (bicyclic) bond motifs is 1. The molecule has 0 bridgehead atoms. The molecule has 5 rings (SSSR count). The number of aliphatic hydroxyl groups is 1. The minimum atomic E-state index is -0.403. The molecule has 0 aliphatic carbocycles. The summed E-state index contributed by atoms with van der Waals surface area (Å²) in [5.41, 5.74) is 3.11. The summed E-state index contributed by atoms with van der Waals surface area (Å²) in [5.74, 6) is -0.386. The Morgan fingerprint density at radius 3 is 2.64 bits per heavy atom. The van der Waals surface area contributed by atoms with Gasteiger partial charge in [0.25, 0.3) is 11.8 Å². The third-order valence-electron chi connectivity index (χ3n) is 7.69. The first-order valence-electron chi connectivity index (χ1n) is 14.3. The Labute approximate surface area is 271 Å². The van der Waals surface area contributed by atoms with E-state index < -0.39 is 6.04 Å². The Morgan fingerprint density at radius 2 is 1.95 bits per heavy atom. The normalized spacial score (nSPS) is 17.4. The Kier molecular flexibility index (Phi) is 10.2. The summed E-state index contributed by atoms with van der Waals surface area (Å²) in [4.78, 5) is 35.3. The van der Waals surface area contributed by atoms with Gasteiger partial charge in [0.05, 0.1) is 33.9 Å². The summed E-state index contributed by atoms with van der Waals surface area (Å²) in [6, 6.07) is 17.5. The number of aliphatic hydroxyl groups excluding tert-OH is 1. The fourth-order valence-corrected chi connectivity index (χ4v) is 6.17. The van der Waals surface area contributed by atoms with Gasteiger partial charge in [0.15, 0.2) is 5.75 Å². The fourth-order valence-electron chi connectivity index (χ4n) is 5.21. The molecule has 3 aromatic carbocycles. The maximum Gasteiger partial charge on any atom is 0.258 e. The van der Waals surface area contributed by atoms with Crippen LogP contribution in [0.4, 0.5) is 5.69 Å². The summed E-state index contributed by atoms with van der Waals surface area (Å²) in [7, 11) is 1.99. The highest BCUT2D eigenvalue weighted by Crippen LogP contribution is 2.35. The monoisotopic (exact) mass is 652 g/mol. The smallest absolute Gasteiger partial charge is 0.258 e. The number of carbonyl (C=O) groups excluding carboxylic acids is 2. The zero-order valence-electron chi connectivity index (χ0n) is 24.7. The van der Waals surface area contributed by atoms with Gasteiger partial charge in [-0.1, -0.05) is 54.4 Å². The van der Waals surface area contributed by atoms with Crippen molar-refractivity contribution in [1.29, 1.82) is 0 Å². The zero-order valence-corrected chi connectivity index (χ0v) is 27.0. The number of nitrogens with zero attached hydrogens (tertiary/aromatic N) is 3. The van der Waals surface area contributed by atoms with Crippen molar-refractivity contribution < 1.29 is 19.4 Å². The number of ether oxygens (including phenoxy) is 1. The van der Waals surface area contributed by atoms with Gasteiger partial charge in [-0.05, 0) is 55.9 Å². The molecule has 0 fully saturated rings. The second kappa shape index (κ2) is 14.1. The number of thiazole rings is 1. The van der Waals surface area contributed by atoms with Gasteiger partial charge < -0.3 is 20.1 Å². The standard InChI is InChI=1S/C33H34Cl2N4O4S/c1-20-16-39(21(2)19-40)33(42)25-5-4-6-28(37-31(41)23-8-10-24(11-9-23)32-36-13-14-44-32)30(25)43-29(20)18-38(3)17-22-7-12-26(34)27(35)15-22/h4-15,20-21,29,40H,16-19H2,1-3H3,(H,37,41)/t20-,21+,29-/m0/s1. The molecular formula is C33H34Cl2N4O4S. The van der Waals surface area contributed by atoms with Crippen molar-refractivity contribution >= 4 is 52.0 Å². The summed E-state index contributed by atoms with van der Waals surface area (Å²) in [6.07, 6.45) is 1.39. The molecule has 0 saturated carbocycles. The number of carbonyl (C=O) groups is 2. The average molecular weight is 654 g/mol. The number of nitrogens with one attached hydrogen (secondary N) is 1. The summed E-state index contributed by atoms with van der Waals surface area (Å²) < 4.78 is 6.65.